The molecule has 0 aromatic heterocycles. The largest absolute Gasteiger partial charge is 0.228 e. The maximum Gasteiger partial charge on any atom is 0.212 e. The Kier molecular flexibility index (Phi) is 2.69. The Balaban J connectivity index is 2.75. The Morgan fingerprint density at radius 1 is 1.67 bits per heavy atom. The lowest BCUT2D eigenvalue weighted by atomic mass is 9.95. The van der Waals surface area contributed by atoms with Gasteiger partial charge in [-0.05, 0) is 12.3 Å². The van der Waals surface area contributed by atoms with E-state index in [1.807, 2.05) is 25.2 Å². The minimum absolute atomic E-state index is 0.0154. The van der Waals surface area contributed by atoms with Crippen LogP contribution >= 0.6 is 0 Å². The summed E-state index contributed by atoms with van der Waals surface area (Å²) >= 11 is 0. The third-order valence-electron chi connectivity index (χ3n) is 1.94. The van der Waals surface area contributed by atoms with Gasteiger partial charge in [0.05, 0.1) is 5.75 Å². The van der Waals surface area contributed by atoms with E-state index in [1.54, 1.807) is 0 Å². The second-order valence-corrected chi connectivity index (χ2v) is 4.73. The fraction of sp³-hybridized carbons (Fsp3) is 0.500. The van der Waals surface area contributed by atoms with Gasteiger partial charge in [0.25, 0.3) is 0 Å². The molecule has 0 saturated carbocycles. The van der Waals surface area contributed by atoms with Crippen molar-refractivity contribution in [2.45, 2.75) is 13.3 Å². The number of nitrogens with two attached hydrogens (primary N) is 1. The van der Waals surface area contributed by atoms with Crippen LogP contribution < -0.4 is 5.14 Å². The van der Waals surface area contributed by atoms with E-state index in [0.717, 1.165) is 12.0 Å². The maximum absolute atomic E-state index is 10.8. The quantitative estimate of drug-likeness (QED) is 0.695. The van der Waals surface area contributed by atoms with E-state index in [1.165, 1.54) is 0 Å². The molecule has 0 heterocycles. The summed E-state index contributed by atoms with van der Waals surface area (Å²) in [7, 11) is -3.36. The van der Waals surface area contributed by atoms with Crippen molar-refractivity contribution >= 4 is 10.0 Å². The summed E-state index contributed by atoms with van der Waals surface area (Å²) in [6.07, 6.45) is 6.64. The molecule has 0 saturated heterocycles. The molecule has 68 valence electrons. The van der Waals surface area contributed by atoms with Crippen LogP contribution in [0.25, 0.3) is 0 Å². The van der Waals surface area contributed by atoms with E-state index in [0.29, 0.717) is 5.92 Å². The first kappa shape index (κ1) is 9.48. The van der Waals surface area contributed by atoms with Gasteiger partial charge >= 0.3 is 0 Å². The highest BCUT2D eigenvalue weighted by Gasteiger charge is 2.14. The van der Waals surface area contributed by atoms with Crippen LogP contribution in [0, 0.1) is 5.92 Å². The van der Waals surface area contributed by atoms with Crippen molar-refractivity contribution < 1.29 is 8.42 Å². The Hall–Kier alpha value is -0.610. The molecule has 3 nitrogen and oxygen atoms in total. The highest BCUT2D eigenvalue weighted by Crippen LogP contribution is 2.20. The zero-order valence-corrected chi connectivity index (χ0v) is 7.84. The standard InChI is InChI=1S/C8H13NO2S/c1-7-4-2-3-5-8(7)6-12(9,10)11/h2-3,5,7H,4,6H2,1H3,(H2,9,10,11)/t7-/m1/s1. The molecular weight excluding hydrogens is 174 g/mol. The fourth-order valence-corrected chi connectivity index (χ4v) is 2.06. The molecule has 1 aliphatic carbocycles. The molecule has 0 spiro atoms. The number of allylic oxidation sites excluding steroid dienone is 3. The van der Waals surface area contributed by atoms with E-state index in [-0.39, 0.29) is 5.75 Å². The summed E-state index contributed by atoms with van der Waals surface area (Å²) in [6.45, 7) is 2.00. The molecule has 0 bridgehead atoms. The molecule has 0 aromatic carbocycles. The van der Waals surface area contributed by atoms with E-state index >= 15 is 0 Å². The number of hydrogen-bond acceptors (Lipinski definition) is 2. The first-order valence-corrected chi connectivity index (χ1v) is 5.56. The summed E-state index contributed by atoms with van der Waals surface area (Å²) in [5.41, 5.74) is 0.903. The predicted molar refractivity (Wildman–Crippen MR) is 49.0 cm³/mol. The Morgan fingerprint density at radius 2 is 2.33 bits per heavy atom. The average Bonchev–Trinajstić information content (AvgIpc) is 1.91. The van der Waals surface area contributed by atoms with Crippen LogP contribution in [0.1, 0.15) is 13.3 Å². The Labute approximate surface area is 73.0 Å². The van der Waals surface area contributed by atoms with Gasteiger partial charge in [-0.15, -0.1) is 0 Å². The van der Waals surface area contributed by atoms with Gasteiger partial charge in [-0.25, -0.2) is 13.6 Å². The minimum atomic E-state index is -3.36. The second kappa shape index (κ2) is 3.41. The summed E-state index contributed by atoms with van der Waals surface area (Å²) in [4.78, 5) is 0. The van der Waals surface area contributed by atoms with Gasteiger partial charge in [0.2, 0.25) is 10.0 Å². The maximum atomic E-state index is 10.8. The lowest BCUT2D eigenvalue weighted by Gasteiger charge is -2.15. The molecule has 0 radical (unpaired) electrons. The molecule has 2 N–H and O–H groups in total. The molecule has 0 amide bonds. The van der Waals surface area contributed by atoms with Crippen molar-refractivity contribution in [2.24, 2.45) is 11.1 Å². The van der Waals surface area contributed by atoms with Crippen LogP contribution in [-0.4, -0.2) is 14.2 Å². The molecule has 0 unspecified atom stereocenters. The smallest absolute Gasteiger partial charge is 0.212 e. The zero-order chi connectivity index (χ0) is 9.19. The summed E-state index contributed by atoms with van der Waals surface area (Å²) in [6, 6.07) is 0. The SMILES string of the molecule is C[C@@H]1CC=CC=C1CS(N)(=O)=O. The third-order valence-corrected chi connectivity index (χ3v) is 2.67. The molecule has 1 atom stereocenters. The minimum Gasteiger partial charge on any atom is -0.228 e. The molecule has 1 rings (SSSR count). The highest BCUT2D eigenvalue weighted by atomic mass is 32.2. The van der Waals surface area contributed by atoms with Crippen molar-refractivity contribution in [3.05, 3.63) is 23.8 Å². The average molecular weight is 187 g/mol. The van der Waals surface area contributed by atoms with E-state index in [4.69, 9.17) is 5.14 Å². The zero-order valence-electron chi connectivity index (χ0n) is 7.03. The summed E-state index contributed by atoms with van der Waals surface area (Å²) < 4.78 is 21.5. The van der Waals surface area contributed by atoms with Crippen molar-refractivity contribution in [1.82, 2.24) is 0 Å². The molecule has 0 aromatic rings. The van der Waals surface area contributed by atoms with Crippen LogP contribution in [0.3, 0.4) is 0 Å². The number of primary sulfonamides is 1. The first-order valence-electron chi connectivity index (χ1n) is 3.85. The van der Waals surface area contributed by atoms with Gasteiger partial charge in [-0.2, -0.15) is 0 Å². The van der Waals surface area contributed by atoms with Crippen molar-refractivity contribution in [3.8, 4) is 0 Å². The van der Waals surface area contributed by atoms with Gasteiger partial charge in [0, 0.05) is 0 Å². The fourth-order valence-electron chi connectivity index (χ4n) is 1.21. The van der Waals surface area contributed by atoms with E-state index in [9.17, 15) is 8.42 Å². The lowest BCUT2D eigenvalue weighted by molar-refractivity contribution is 0.594. The third kappa shape index (κ3) is 2.79. The highest BCUT2D eigenvalue weighted by molar-refractivity contribution is 7.89. The van der Waals surface area contributed by atoms with E-state index < -0.39 is 10.0 Å². The van der Waals surface area contributed by atoms with Gasteiger partial charge < -0.3 is 0 Å². The van der Waals surface area contributed by atoms with Gasteiger partial charge in [-0.1, -0.05) is 30.7 Å². The predicted octanol–water partition coefficient (Wildman–Crippen LogP) is 0.797. The van der Waals surface area contributed by atoms with Crippen LogP contribution in [0.5, 0.6) is 0 Å². The molecule has 0 aliphatic heterocycles. The van der Waals surface area contributed by atoms with E-state index in [2.05, 4.69) is 0 Å². The lowest BCUT2D eigenvalue weighted by Crippen LogP contribution is -2.21. The van der Waals surface area contributed by atoms with Crippen LogP contribution in [0.15, 0.2) is 23.8 Å². The van der Waals surface area contributed by atoms with Crippen molar-refractivity contribution in [3.63, 3.8) is 0 Å². The van der Waals surface area contributed by atoms with Gasteiger partial charge in [0.1, 0.15) is 0 Å². The molecule has 4 heteroatoms. The molecular formula is C8H13NO2S. The molecule has 12 heavy (non-hydrogen) atoms. The van der Waals surface area contributed by atoms with Crippen molar-refractivity contribution in [1.29, 1.82) is 0 Å². The van der Waals surface area contributed by atoms with Gasteiger partial charge in [0.15, 0.2) is 0 Å². The topological polar surface area (TPSA) is 60.2 Å². The van der Waals surface area contributed by atoms with Crippen LogP contribution in [-0.2, 0) is 10.0 Å². The normalized spacial score (nSPS) is 23.8. The number of hydrogen-bond donors (Lipinski definition) is 1. The second-order valence-electron chi connectivity index (χ2n) is 3.11. The van der Waals surface area contributed by atoms with Gasteiger partial charge in [-0.3, -0.25) is 0 Å². The summed E-state index contributed by atoms with van der Waals surface area (Å²) in [5, 5.41) is 4.94. The number of rotatable bonds is 2. The number of sulfonamides is 1. The Morgan fingerprint density at radius 3 is 2.83 bits per heavy atom. The monoisotopic (exact) mass is 187 g/mol. The first-order chi connectivity index (χ1) is 5.49. The van der Waals surface area contributed by atoms with Crippen LogP contribution in [0.2, 0.25) is 0 Å². The van der Waals surface area contributed by atoms with Crippen molar-refractivity contribution in [2.75, 3.05) is 5.75 Å². The molecule has 0 fully saturated rings. The summed E-state index contributed by atoms with van der Waals surface area (Å²) in [5.74, 6) is 0.284. The molecule has 1 aliphatic rings. The van der Waals surface area contributed by atoms with Crippen LogP contribution in [0.4, 0.5) is 0 Å². The Bertz CT molecular complexity index is 314.